The minimum atomic E-state index is -0.0146. The highest BCUT2D eigenvalue weighted by Crippen LogP contribution is 2.47. The van der Waals surface area contributed by atoms with Crippen molar-refractivity contribution >= 4 is 5.78 Å². The minimum absolute atomic E-state index is 0.00591. The Labute approximate surface area is 171 Å². The summed E-state index contributed by atoms with van der Waals surface area (Å²) < 4.78 is 16.6. The molecule has 154 valence electrons. The van der Waals surface area contributed by atoms with Gasteiger partial charge >= 0.3 is 0 Å². The van der Waals surface area contributed by atoms with Crippen molar-refractivity contribution in [1.82, 2.24) is 10.3 Å². The number of nitrogens with one attached hydrogen (secondary N) is 2. The van der Waals surface area contributed by atoms with Crippen LogP contribution >= 0.6 is 0 Å². The highest BCUT2D eigenvalue weighted by molar-refractivity contribution is 6.08. The lowest BCUT2D eigenvalue weighted by Gasteiger charge is -2.17. The largest absolute Gasteiger partial charge is 0.493 e. The minimum Gasteiger partial charge on any atom is -0.493 e. The lowest BCUT2D eigenvalue weighted by Crippen LogP contribution is -2.15. The number of aromatic nitrogens is 1. The first-order chi connectivity index (χ1) is 14.1. The number of nitriles is 1. The number of aromatic amines is 1. The number of ketones is 1. The number of hydrogen-bond donors (Lipinski definition) is 2. The number of rotatable bonds is 10. The highest BCUT2D eigenvalue weighted by atomic mass is 16.5. The van der Waals surface area contributed by atoms with Crippen molar-refractivity contribution in [1.29, 1.82) is 5.26 Å². The van der Waals surface area contributed by atoms with Crippen molar-refractivity contribution in [3.8, 4) is 34.4 Å². The van der Waals surface area contributed by atoms with Crippen molar-refractivity contribution in [2.45, 2.75) is 32.7 Å². The zero-order valence-electron chi connectivity index (χ0n) is 17.3. The highest BCUT2D eigenvalue weighted by Gasteiger charge is 2.36. The lowest BCUT2D eigenvalue weighted by molar-refractivity contribution is 0.0968. The summed E-state index contributed by atoms with van der Waals surface area (Å²) >= 11 is 0. The molecule has 0 radical (unpaired) electrons. The van der Waals surface area contributed by atoms with Crippen molar-refractivity contribution in [3.05, 3.63) is 29.1 Å². The summed E-state index contributed by atoms with van der Waals surface area (Å²) in [7, 11) is 4.65. The third-order valence-corrected chi connectivity index (χ3v) is 5.09. The number of Topliss-reactive ketones (excluding diaryl/α,β-unsaturated/α-hetero) is 1. The molecule has 1 aromatic carbocycles. The smallest absolute Gasteiger partial charge is 0.203 e. The monoisotopic (exact) mass is 397 g/mol. The van der Waals surface area contributed by atoms with Gasteiger partial charge in [-0.3, -0.25) is 4.79 Å². The first-order valence-electron chi connectivity index (χ1n) is 9.80. The van der Waals surface area contributed by atoms with Gasteiger partial charge in [0.2, 0.25) is 5.75 Å². The second kappa shape index (κ2) is 9.01. The van der Waals surface area contributed by atoms with Crippen LogP contribution in [0, 0.1) is 17.2 Å². The van der Waals surface area contributed by atoms with E-state index >= 15 is 0 Å². The molecule has 0 unspecified atom stereocenters. The van der Waals surface area contributed by atoms with Gasteiger partial charge in [0, 0.05) is 29.3 Å². The number of benzene rings is 1. The maximum Gasteiger partial charge on any atom is 0.203 e. The zero-order valence-corrected chi connectivity index (χ0v) is 17.3. The molecule has 1 aromatic heterocycles. The molecule has 2 N–H and O–H groups in total. The Morgan fingerprint density at radius 1 is 1.21 bits per heavy atom. The molecular weight excluding hydrogens is 370 g/mol. The number of carbonyl (C=O) groups excluding carboxylic acids is 1. The third kappa shape index (κ3) is 3.94. The van der Waals surface area contributed by atoms with E-state index in [-0.39, 0.29) is 11.7 Å². The fourth-order valence-corrected chi connectivity index (χ4v) is 3.55. The predicted octanol–water partition coefficient (Wildman–Crippen LogP) is 3.67. The first kappa shape index (κ1) is 20.7. The van der Waals surface area contributed by atoms with Crippen LogP contribution in [0.2, 0.25) is 0 Å². The van der Waals surface area contributed by atoms with E-state index in [9.17, 15) is 10.1 Å². The van der Waals surface area contributed by atoms with Crippen LogP contribution in [0.15, 0.2) is 12.1 Å². The van der Waals surface area contributed by atoms with E-state index in [0.717, 1.165) is 31.5 Å². The van der Waals surface area contributed by atoms with Crippen LogP contribution in [0.1, 0.15) is 47.9 Å². The van der Waals surface area contributed by atoms with Crippen LogP contribution in [0.3, 0.4) is 0 Å². The zero-order chi connectivity index (χ0) is 21.0. The molecule has 1 saturated carbocycles. The van der Waals surface area contributed by atoms with Gasteiger partial charge in [0.05, 0.1) is 26.9 Å². The van der Waals surface area contributed by atoms with Crippen LogP contribution in [-0.4, -0.2) is 38.6 Å². The number of hydrogen-bond acceptors (Lipinski definition) is 6. The number of ether oxygens (including phenoxy) is 3. The molecule has 0 spiro atoms. The van der Waals surface area contributed by atoms with Crippen LogP contribution in [0.25, 0.3) is 11.1 Å². The SMILES string of the molecule is CCCNCc1[nH]c(C#N)c(C(=O)C2CC2)c1-c1ccc(OC)c(OC)c1OC. The van der Waals surface area contributed by atoms with Gasteiger partial charge in [0.1, 0.15) is 11.8 Å². The van der Waals surface area contributed by atoms with Gasteiger partial charge < -0.3 is 24.5 Å². The molecule has 0 saturated heterocycles. The van der Waals surface area contributed by atoms with Crippen molar-refractivity contribution in [2.75, 3.05) is 27.9 Å². The summed E-state index contributed by atoms with van der Waals surface area (Å²) in [6.07, 6.45) is 2.70. The Morgan fingerprint density at radius 3 is 2.48 bits per heavy atom. The second-order valence-corrected chi connectivity index (χ2v) is 7.04. The maximum absolute atomic E-state index is 13.1. The van der Waals surface area contributed by atoms with E-state index in [1.54, 1.807) is 27.4 Å². The fraction of sp³-hybridized carbons (Fsp3) is 0.455. The Balaban J connectivity index is 2.25. The van der Waals surface area contributed by atoms with Crippen molar-refractivity contribution < 1.29 is 19.0 Å². The fourth-order valence-electron chi connectivity index (χ4n) is 3.55. The standard InChI is InChI=1S/C22H27N3O4/c1-5-10-24-12-16-18(19(15(11-23)25-16)20(26)13-6-7-13)14-8-9-17(27-2)22(29-4)21(14)28-3/h8-9,13,24-25H,5-7,10,12H2,1-4H3. The van der Waals surface area contributed by atoms with E-state index < -0.39 is 0 Å². The predicted molar refractivity (Wildman–Crippen MR) is 110 cm³/mol. The Kier molecular flexibility index (Phi) is 6.45. The molecule has 1 aliphatic carbocycles. The summed E-state index contributed by atoms with van der Waals surface area (Å²) in [5.41, 5.74) is 2.90. The van der Waals surface area contributed by atoms with Crippen LogP contribution in [-0.2, 0) is 6.54 Å². The maximum atomic E-state index is 13.1. The summed E-state index contributed by atoms with van der Waals surface area (Å²) in [4.78, 5) is 16.3. The molecule has 1 aliphatic rings. The second-order valence-electron chi connectivity index (χ2n) is 7.04. The average molecular weight is 397 g/mol. The van der Waals surface area contributed by atoms with E-state index in [1.165, 1.54) is 0 Å². The molecule has 29 heavy (non-hydrogen) atoms. The lowest BCUT2D eigenvalue weighted by atomic mass is 9.94. The third-order valence-electron chi connectivity index (χ3n) is 5.09. The van der Waals surface area contributed by atoms with Gasteiger partial charge in [-0.25, -0.2) is 0 Å². The number of methoxy groups -OCH3 is 3. The summed E-state index contributed by atoms with van der Waals surface area (Å²) in [5, 5.41) is 13.1. The van der Waals surface area contributed by atoms with E-state index in [2.05, 4.69) is 23.3 Å². The average Bonchev–Trinajstić information content (AvgIpc) is 3.53. The quantitative estimate of drug-likeness (QED) is 0.469. The molecule has 0 bridgehead atoms. The van der Waals surface area contributed by atoms with Gasteiger partial charge in [0.25, 0.3) is 0 Å². The molecule has 1 fully saturated rings. The van der Waals surface area contributed by atoms with Crippen LogP contribution in [0.5, 0.6) is 17.2 Å². The molecule has 7 heteroatoms. The molecule has 1 heterocycles. The van der Waals surface area contributed by atoms with Gasteiger partial charge in [0.15, 0.2) is 17.3 Å². The molecule has 2 aromatic rings. The van der Waals surface area contributed by atoms with E-state index in [1.807, 2.05) is 6.07 Å². The van der Waals surface area contributed by atoms with Gasteiger partial charge in [-0.15, -0.1) is 0 Å². The van der Waals surface area contributed by atoms with E-state index in [0.29, 0.717) is 46.2 Å². The topological polar surface area (TPSA) is 96.4 Å². The normalized spacial score (nSPS) is 13.1. The molecular formula is C22H27N3O4. The van der Waals surface area contributed by atoms with Gasteiger partial charge in [-0.2, -0.15) is 5.26 Å². The molecule has 0 atom stereocenters. The molecule has 0 aliphatic heterocycles. The summed E-state index contributed by atoms with van der Waals surface area (Å²) in [6.45, 7) is 3.42. The Bertz CT molecular complexity index is 939. The number of carbonyl (C=O) groups is 1. The first-order valence-corrected chi connectivity index (χ1v) is 9.80. The number of nitrogens with zero attached hydrogens (tertiary/aromatic N) is 1. The van der Waals surface area contributed by atoms with Crippen molar-refractivity contribution in [3.63, 3.8) is 0 Å². The van der Waals surface area contributed by atoms with Crippen molar-refractivity contribution in [2.24, 2.45) is 5.92 Å². The Morgan fingerprint density at radius 2 is 1.93 bits per heavy atom. The summed E-state index contributed by atoms with van der Waals surface area (Å²) in [5.74, 6) is 1.44. The Hall–Kier alpha value is -2.98. The van der Waals surface area contributed by atoms with Gasteiger partial charge in [-0.1, -0.05) is 6.92 Å². The molecule has 3 rings (SSSR count). The molecule has 7 nitrogen and oxygen atoms in total. The van der Waals surface area contributed by atoms with Crippen LogP contribution < -0.4 is 19.5 Å². The molecule has 0 amide bonds. The summed E-state index contributed by atoms with van der Waals surface area (Å²) in [6, 6.07) is 5.79. The number of H-pyrrole nitrogens is 1. The van der Waals surface area contributed by atoms with E-state index in [4.69, 9.17) is 14.2 Å². The van der Waals surface area contributed by atoms with Gasteiger partial charge in [-0.05, 0) is 37.9 Å². The van der Waals surface area contributed by atoms with Crippen LogP contribution in [0.4, 0.5) is 0 Å².